The molecule has 0 aromatic heterocycles. The van der Waals surface area contributed by atoms with Crippen LogP contribution in [0.15, 0.2) is 18.2 Å². The molecule has 18 heavy (non-hydrogen) atoms. The monoisotopic (exact) mass is 270 g/mol. The molecule has 5 nitrogen and oxygen atoms in total. The summed E-state index contributed by atoms with van der Waals surface area (Å²) >= 11 is 0. The van der Waals surface area contributed by atoms with Crippen molar-refractivity contribution in [3.8, 4) is 6.07 Å². The van der Waals surface area contributed by atoms with E-state index in [1.54, 1.807) is 6.07 Å². The Bertz CT molecular complexity index is 609. The van der Waals surface area contributed by atoms with Gasteiger partial charge in [0.25, 0.3) is 0 Å². The lowest BCUT2D eigenvalue weighted by Gasteiger charge is -2.16. The Balaban J connectivity index is 2.18. The molecular weight excluding hydrogens is 259 g/mol. The van der Waals surface area contributed by atoms with Gasteiger partial charge < -0.3 is 10.4 Å². The zero-order chi connectivity index (χ0) is 13.3. The van der Waals surface area contributed by atoms with Gasteiger partial charge in [-0.05, 0) is 18.2 Å². The number of nitrogens with zero attached hydrogens (tertiary/aromatic N) is 1. The van der Waals surface area contributed by atoms with Gasteiger partial charge in [-0.25, -0.2) is 12.8 Å². The molecule has 0 amide bonds. The standard InChI is InChI=1S/C11H11FN2O3S/c12-9-2-1-8(3-7(9)4-13)14-10-5-18(16,17)6-11(10)15/h1-3,10-11,14-15H,5-6H2. The summed E-state index contributed by atoms with van der Waals surface area (Å²) in [5.41, 5.74) is 0.282. The van der Waals surface area contributed by atoms with E-state index in [0.29, 0.717) is 5.69 Å². The van der Waals surface area contributed by atoms with Gasteiger partial charge in [0.2, 0.25) is 0 Å². The van der Waals surface area contributed by atoms with Crippen LogP contribution >= 0.6 is 0 Å². The number of benzene rings is 1. The predicted octanol–water partition coefficient (Wildman–Crippen LogP) is 0.267. The van der Waals surface area contributed by atoms with Crippen LogP contribution in [0.3, 0.4) is 0 Å². The van der Waals surface area contributed by atoms with Gasteiger partial charge >= 0.3 is 0 Å². The van der Waals surface area contributed by atoms with Crippen molar-refractivity contribution in [1.29, 1.82) is 5.26 Å². The zero-order valence-electron chi connectivity index (χ0n) is 9.30. The van der Waals surface area contributed by atoms with Gasteiger partial charge in [-0.3, -0.25) is 0 Å². The summed E-state index contributed by atoms with van der Waals surface area (Å²) < 4.78 is 35.7. The third-order valence-corrected chi connectivity index (χ3v) is 4.48. The maximum absolute atomic E-state index is 13.1. The van der Waals surface area contributed by atoms with Crippen LogP contribution in [0.25, 0.3) is 0 Å². The highest BCUT2D eigenvalue weighted by Crippen LogP contribution is 2.20. The molecule has 1 aromatic rings. The lowest BCUT2D eigenvalue weighted by atomic mass is 10.1. The van der Waals surface area contributed by atoms with Crippen molar-refractivity contribution >= 4 is 15.5 Å². The molecule has 1 aliphatic rings. The van der Waals surface area contributed by atoms with E-state index >= 15 is 0 Å². The van der Waals surface area contributed by atoms with Crippen LogP contribution in [0.2, 0.25) is 0 Å². The van der Waals surface area contributed by atoms with Crippen molar-refractivity contribution in [1.82, 2.24) is 0 Å². The van der Waals surface area contributed by atoms with E-state index in [9.17, 15) is 17.9 Å². The normalized spacial score (nSPS) is 25.6. The Kier molecular flexibility index (Phi) is 3.24. The van der Waals surface area contributed by atoms with Gasteiger partial charge in [-0.15, -0.1) is 0 Å². The Morgan fingerprint density at radius 3 is 2.72 bits per heavy atom. The van der Waals surface area contributed by atoms with Crippen LogP contribution in [0.4, 0.5) is 10.1 Å². The Hall–Kier alpha value is -1.65. The van der Waals surface area contributed by atoms with Crippen molar-refractivity contribution in [2.75, 3.05) is 16.8 Å². The van der Waals surface area contributed by atoms with E-state index in [-0.39, 0.29) is 17.1 Å². The number of nitrogens with one attached hydrogen (secondary N) is 1. The summed E-state index contributed by atoms with van der Waals surface area (Å²) in [5.74, 6) is -1.09. The molecule has 1 aliphatic heterocycles. The summed E-state index contributed by atoms with van der Waals surface area (Å²) in [6.45, 7) is 0. The van der Waals surface area contributed by atoms with Crippen molar-refractivity contribution in [2.45, 2.75) is 12.1 Å². The molecule has 7 heteroatoms. The van der Waals surface area contributed by atoms with Gasteiger partial charge in [0.15, 0.2) is 9.84 Å². The molecule has 1 saturated heterocycles. The van der Waals surface area contributed by atoms with Crippen LogP contribution in [-0.4, -0.2) is 37.2 Å². The molecule has 0 aliphatic carbocycles. The first-order chi connectivity index (χ1) is 8.41. The number of anilines is 1. The second-order valence-corrected chi connectivity index (χ2v) is 6.36. The second kappa shape index (κ2) is 4.55. The molecular formula is C11H11FN2O3S. The SMILES string of the molecule is N#Cc1cc(NC2CS(=O)(=O)CC2O)ccc1F. The molecule has 2 rings (SSSR count). The molecule has 1 fully saturated rings. The summed E-state index contributed by atoms with van der Waals surface area (Å²) in [6.07, 6.45) is -0.995. The molecule has 0 saturated carbocycles. The van der Waals surface area contributed by atoms with Crippen molar-refractivity contribution in [2.24, 2.45) is 0 Å². The number of aliphatic hydroxyl groups is 1. The maximum Gasteiger partial charge on any atom is 0.155 e. The molecule has 1 aromatic carbocycles. The van der Waals surface area contributed by atoms with Crippen molar-refractivity contribution in [3.05, 3.63) is 29.6 Å². The van der Waals surface area contributed by atoms with Gasteiger partial charge in [0.1, 0.15) is 11.9 Å². The lowest BCUT2D eigenvalue weighted by molar-refractivity contribution is 0.190. The third kappa shape index (κ3) is 2.60. The van der Waals surface area contributed by atoms with Gasteiger partial charge in [-0.1, -0.05) is 0 Å². The summed E-state index contributed by atoms with van der Waals surface area (Å²) in [7, 11) is -3.24. The van der Waals surface area contributed by atoms with E-state index in [2.05, 4.69) is 5.32 Å². The average Bonchev–Trinajstić information content (AvgIpc) is 2.54. The highest BCUT2D eigenvalue weighted by Gasteiger charge is 2.36. The third-order valence-electron chi connectivity index (χ3n) is 2.76. The van der Waals surface area contributed by atoms with E-state index in [1.807, 2.05) is 0 Å². The number of sulfone groups is 1. The molecule has 96 valence electrons. The summed E-state index contributed by atoms with van der Waals surface area (Å²) in [6, 6.07) is 4.86. The summed E-state index contributed by atoms with van der Waals surface area (Å²) in [4.78, 5) is 0. The van der Waals surface area contributed by atoms with Crippen LogP contribution in [0.1, 0.15) is 5.56 Å². The van der Waals surface area contributed by atoms with E-state index in [4.69, 9.17) is 5.26 Å². The van der Waals surface area contributed by atoms with E-state index < -0.39 is 27.8 Å². The van der Waals surface area contributed by atoms with Gasteiger partial charge in [0, 0.05) is 5.69 Å². The number of nitriles is 1. The Morgan fingerprint density at radius 1 is 1.44 bits per heavy atom. The minimum absolute atomic E-state index is 0.129. The number of rotatable bonds is 2. The fourth-order valence-electron chi connectivity index (χ4n) is 1.88. The molecule has 0 spiro atoms. The molecule has 0 bridgehead atoms. The highest BCUT2D eigenvalue weighted by molar-refractivity contribution is 7.91. The first-order valence-corrected chi connectivity index (χ1v) is 7.08. The molecule has 2 N–H and O–H groups in total. The van der Waals surface area contributed by atoms with Crippen molar-refractivity contribution < 1.29 is 17.9 Å². The van der Waals surface area contributed by atoms with E-state index in [1.165, 1.54) is 12.1 Å². The molecule has 1 heterocycles. The van der Waals surface area contributed by atoms with Crippen LogP contribution in [0.5, 0.6) is 0 Å². The smallest absolute Gasteiger partial charge is 0.155 e. The molecule has 0 radical (unpaired) electrons. The fraction of sp³-hybridized carbons (Fsp3) is 0.364. The Labute approximate surface area is 104 Å². The minimum Gasteiger partial charge on any atom is -0.390 e. The predicted molar refractivity (Wildman–Crippen MR) is 63.2 cm³/mol. The van der Waals surface area contributed by atoms with E-state index in [0.717, 1.165) is 6.07 Å². The largest absolute Gasteiger partial charge is 0.390 e. The molecule has 2 atom stereocenters. The topological polar surface area (TPSA) is 90.2 Å². The van der Waals surface area contributed by atoms with Gasteiger partial charge in [-0.2, -0.15) is 5.26 Å². The highest BCUT2D eigenvalue weighted by atomic mass is 32.2. The minimum atomic E-state index is -3.24. The number of hydrogen-bond acceptors (Lipinski definition) is 5. The second-order valence-electron chi connectivity index (χ2n) is 4.20. The maximum atomic E-state index is 13.1. The van der Waals surface area contributed by atoms with Crippen molar-refractivity contribution in [3.63, 3.8) is 0 Å². The van der Waals surface area contributed by atoms with Crippen LogP contribution in [0, 0.1) is 17.1 Å². The first-order valence-electron chi connectivity index (χ1n) is 5.26. The first kappa shape index (κ1) is 12.8. The Morgan fingerprint density at radius 2 is 2.17 bits per heavy atom. The van der Waals surface area contributed by atoms with Gasteiger partial charge in [0.05, 0.1) is 29.2 Å². The van der Waals surface area contributed by atoms with Crippen LogP contribution in [-0.2, 0) is 9.84 Å². The fourth-order valence-corrected chi connectivity index (χ4v) is 3.62. The quantitative estimate of drug-likeness (QED) is 0.805. The number of aliphatic hydroxyl groups excluding tert-OH is 1. The number of halogens is 1. The number of hydrogen-bond donors (Lipinski definition) is 2. The summed E-state index contributed by atoms with van der Waals surface area (Å²) in [5, 5.41) is 21.1. The van der Waals surface area contributed by atoms with Crippen LogP contribution < -0.4 is 5.32 Å². The lowest BCUT2D eigenvalue weighted by Crippen LogP contribution is -2.31. The zero-order valence-corrected chi connectivity index (χ0v) is 10.1. The average molecular weight is 270 g/mol. The molecule has 2 unspecified atom stereocenters.